The molecule has 138 valence electrons. The van der Waals surface area contributed by atoms with Crippen LogP contribution in [0, 0.1) is 5.92 Å². The number of benzene rings is 1. The second kappa shape index (κ2) is 7.23. The minimum absolute atomic E-state index is 0.0426. The number of nitrogens with one attached hydrogen (secondary N) is 2. The molecule has 4 rings (SSSR count). The number of nitrogens with zero attached hydrogens (tertiary/aromatic N) is 2. The van der Waals surface area contributed by atoms with Crippen molar-refractivity contribution in [1.82, 2.24) is 10.3 Å². The second-order valence-electron chi connectivity index (χ2n) is 6.95. The van der Waals surface area contributed by atoms with E-state index in [9.17, 15) is 9.59 Å². The van der Waals surface area contributed by atoms with E-state index in [4.69, 9.17) is 0 Å². The first-order valence-corrected chi connectivity index (χ1v) is 9.18. The number of rotatable bonds is 3. The summed E-state index contributed by atoms with van der Waals surface area (Å²) < 4.78 is 0. The lowest BCUT2D eigenvalue weighted by Gasteiger charge is -2.35. The summed E-state index contributed by atoms with van der Waals surface area (Å²) in [6.07, 6.45) is 8.24. The van der Waals surface area contributed by atoms with Crippen LogP contribution in [0.1, 0.15) is 41.3 Å². The van der Waals surface area contributed by atoms with Crippen molar-refractivity contribution in [2.24, 2.45) is 5.92 Å². The highest BCUT2D eigenvalue weighted by atomic mass is 16.2. The van der Waals surface area contributed by atoms with E-state index in [2.05, 4.69) is 27.8 Å². The topological polar surface area (TPSA) is 74.3 Å². The SMILES string of the molecule is CN1c2ncccc2C(=O)N[C@H]1c1ccc(NC(=O)[C@H]2CC=CCC2)cc1. The van der Waals surface area contributed by atoms with Crippen LogP contribution in [0.4, 0.5) is 11.5 Å². The fourth-order valence-electron chi connectivity index (χ4n) is 3.61. The predicted octanol–water partition coefficient (Wildman–Crippen LogP) is 3.25. The largest absolute Gasteiger partial charge is 0.335 e. The van der Waals surface area contributed by atoms with Gasteiger partial charge in [-0.1, -0.05) is 24.3 Å². The highest BCUT2D eigenvalue weighted by Crippen LogP contribution is 2.30. The predicted molar refractivity (Wildman–Crippen MR) is 104 cm³/mol. The highest BCUT2D eigenvalue weighted by molar-refractivity contribution is 6.01. The minimum Gasteiger partial charge on any atom is -0.335 e. The summed E-state index contributed by atoms with van der Waals surface area (Å²) in [5, 5.41) is 5.99. The van der Waals surface area contributed by atoms with E-state index in [1.165, 1.54) is 0 Å². The van der Waals surface area contributed by atoms with Gasteiger partial charge in [-0.05, 0) is 49.1 Å². The van der Waals surface area contributed by atoms with Crippen LogP contribution >= 0.6 is 0 Å². The fourth-order valence-corrected chi connectivity index (χ4v) is 3.61. The molecule has 2 aromatic rings. The van der Waals surface area contributed by atoms with Crippen LogP contribution in [-0.2, 0) is 4.79 Å². The van der Waals surface area contributed by atoms with Crippen LogP contribution in [-0.4, -0.2) is 23.8 Å². The van der Waals surface area contributed by atoms with Crippen LogP contribution in [0.25, 0.3) is 0 Å². The average Bonchev–Trinajstić information content (AvgIpc) is 2.72. The van der Waals surface area contributed by atoms with Gasteiger partial charge in [-0.25, -0.2) is 4.98 Å². The molecule has 2 heterocycles. The maximum atomic E-state index is 12.4. The van der Waals surface area contributed by atoms with Gasteiger partial charge in [0.25, 0.3) is 5.91 Å². The summed E-state index contributed by atoms with van der Waals surface area (Å²) in [4.78, 5) is 31.0. The first-order valence-electron chi connectivity index (χ1n) is 9.18. The number of aromatic nitrogens is 1. The molecular weight excluding hydrogens is 340 g/mol. The summed E-state index contributed by atoms with van der Waals surface area (Å²) >= 11 is 0. The quantitative estimate of drug-likeness (QED) is 0.822. The van der Waals surface area contributed by atoms with Gasteiger partial charge in [-0.15, -0.1) is 0 Å². The van der Waals surface area contributed by atoms with Crippen molar-refractivity contribution in [2.75, 3.05) is 17.3 Å². The average molecular weight is 362 g/mol. The molecule has 0 bridgehead atoms. The van der Waals surface area contributed by atoms with Crippen molar-refractivity contribution < 1.29 is 9.59 Å². The first kappa shape index (κ1) is 17.3. The maximum absolute atomic E-state index is 12.4. The maximum Gasteiger partial charge on any atom is 0.256 e. The number of hydrogen-bond acceptors (Lipinski definition) is 4. The number of fused-ring (bicyclic) bond motifs is 1. The third-order valence-corrected chi connectivity index (χ3v) is 5.15. The third-order valence-electron chi connectivity index (χ3n) is 5.15. The molecule has 2 amide bonds. The summed E-state index contributed by atoms with van der Waals surface area (Å²) in [7, 11) is 1.90. The number of allylic oxidation sites excluding steroid dienone is 2. The van der Waals surface area contributed by atoms with Gasteiger partial charge in [0.05, 0.1) is 5.56 Å². The molecule has 1 aromatic heterocycles. The molecule has 1 aromatic carbocycles. The zero-order valence-electron chi connectivity index (χ0n) is 15.2. The Morgan fingerprint density at radius 2 is 2.04 bits per heavy atom. The van der Waals surface area contributed by atoms with E-state index in [0.717, 1.165) is 30.5 Å². The molecule has 0 unspecified atom stereocenters. The number of carbonyl (C=O) groups is 2. The zero-order valence-corrected chi connectivity index (χ0v) is 15.2. The fraction of sp³-hybridized carbons (Fsp3) is 0.286. The molecule has 6 heteroatoms. The molecule has 1 aliphatic carbocycles. The molecule has 6 nitrogen and oxygen atoms in total. The molecule has 0 saturated carbocycles. The number of carbonyl (C=O) groups excluding carboxylic acids is 2. The lowest BCUT2D eigenvalue weighted by atomic mass is 9.93. The Hall–Kier alpha value is -3.15. The Morgan fingerprint density at radius 3 is 2.78 bits per heavy atom. The standard InChI is InChI=1S/C21H22N4O2/c1-25-18(24-21(27)17-8-5-13-22-19(17)25)14-9-11-16(12-10-14)23-20(26)15-6-3-2-4-7-15/h2-3,5,8-13,15,18H,4,6-7H2,1H3,(H,23,26)(H,24,27)/t15-,18+/m0/s1. The smallest absolute Gasteiger partial charge is 0.256 e. The Bertz CT molecular complexity index is 891. The number of pyridine rings is 1. The first-order chi connectivity index (χ1) is 13.1. The van der Waals surface area contributed by atoms with Gasteiger partial charge in [0, 0.05) is 24.8 Å². The van der Waals surface area contributed by atoms with Gasteiger partial charge < -0.3 is 15.5 Å². The molecule has 2 atom stereocenters. The van der Waals surface area contributed by atoms with Crippen LogP contribution in [0.15, 0.2) is 54.7 Å². The second-order valence-corrected chi connectivity index (χ2v) is 6.95. The van der Waals surface area contributed by atoms with Crippen molar-refractivity contribution in [3.63, 3.8) is 0 Å². The van der Waals surface area contributed by atoms with Gasteiger partial charge in [0.15, 0.2) is 0 Å². The zero-order chi connectivity index (χ0) is 18.8. The van der Waals surface area contributed by atoms with Crippen molar-refractivity contribution in [2.45, 2.75) is 25.4 Å². The van der Waals surface area contributed by atoms with Crippen LogP contribution in [0.5, 0.6) is 0 Å². The summed E-state index contributed by atoms with van der Waals surface area (Å²) in [6.45, 7) is 0. The molecule has 27 heavy (non-hydrogen) atoms. The third kappa shape index (κ3) is 3.43. The monoisotopic (exact) mass is 362 g/mol. The van der Waals surface area contributed by atoms with E-state index in [-0.39, 0.29) is 23.9 Å². The Kier molecular flexibility index (Phi) is 4.62. The summed E-state index contributed by atoms with van der Waals surface area (Å²) in [6, 6.07) is 11.1. The van der Waals surface area contributed by atoms with E-state index < -0.39 is 0 Å². The van der Waals surface area contributed by atoms with E-state index >= 15 is 0 Å². The van der Waals surface area contributed by atoms with E-state index in [0.29, 0.717) is 11.4 Å². The van der Waals surface area contributed by atoms with Gasteiger partial charge in [-0.2, -0.15) is 0 Å². The summed E-state index contributed by atoms with van der Waals surface area (Å²) in [5.74, 6) is 0.632. The Morgan fingerprint density at radius 1 is 1.22 bits per heavy atom. The van der Waals surface area contributed by atoms with Gasteiger partial charge >= 0.3 is 0 Å². The summed E-state index contributed by atoms with van der Waals surface area (Å²) in [5.41, 5.74) is 2.27. The molecular formula is C21H22N4O2. The molecule has 0 spiro atoms. The highest BCUT2D eigenvalue weighted by Gasteiger charge is 2.30. The Balaban J connectivity index is 1.48. The van der Waals surface area contributed by atoms with Crippen LogP contribution < -0.4 is 15.5 Å². The molecule has 0 fully saturated rings. The van der Waals surface area contributed by atoms with Crippen LogP contribution in [0.3, 0.4) is 0 Å². The molecule has 0 saturated heterocycles. The Labute approximate surface area is 158 Å². The van der Waals surface area contributed by atoms with Gasteiger partial charge in [0.1, 0.15) is 12.0 Å². The van der Waals surface area contributed by atoms with Crippen molar-refractivity contribution >= 4 is 23.3 Å². The molecule has 2 N–H and O–H groups in total. The molecule has 2 aliphatic rings. The minimum atomic E-state index is -0.298. The number of amides is 2. The molecule has 0 radical (unpaired) electrons. The van der Waals surface area contributed by atoms with Crippen molar-refractivity contribution in [3.8, 4) is 0 Å². The van der Waals surface area contributed by atoms with Gasteiger partial charge in [0.2, 0.25) is 5.91 Å². The lowest BCUT2D eigenvalue weighted by Crippen LogP contribution is -2.45. The normalized spacial score (nSPS) is 21.4. The number of hydrogen-bond donors (Lipinski definition) is 2. The van der Waals surface area contributed by atoms with E-state index in [1.807, 2.05) is 36.2 Å². The molecule has 1 aliphatic heterocycles. The van der Waals surface area contributed by atoms with Crippen molar-refractivity contribution in [1.29, 1.82) is 0 Å². The van der Waals surface area contributed by atoms with Crippen molar-refractivity contribution in [3.05, 3.63) is 65.9 Å². The van der Waals surface area contributed by atoms with Gasteiger partial charge in [-0.3, -0.25) is 9.59 Å². The van der Waals surface area contributed by atoms with E-state index in [1.54, 1.807) is 18.3 Å². The lowest BCUT2D eigenvalue weighted by molar-refractivity contribution is -0.120. The number of anilines is 2. The van der Waals surface area contributed by atoms with Crippen LogP contribution in [0.2, 0.25) is 0 Å².